The number of benzene rings is 1. The smallest absolute Gasteiger partial charge is 0.256 e. The molecule has 1 saturated heterocycles. The van der Waals surface area contributed by atoms with Crippen LogP contribution in [0.2, 0.25) is 0 Å². The Hall–Kier alpha value is -2.65. The Morgan fingerprint density at radius 2 is 2.04 bits per heavy atom. The predicted molar refractivity (Wildman–Crippen MR) is 98.7 cm³/mol. The van der Waals surface area contributed by atoms with E-state index in [1.54, 1.807) is 24.3 Å². The normalized spacial score (nSPS) is 20.0. The van der Waals surface area contributed by atoms with Gasteiger partial charge >= 0.3 is 0 Å². The van der Waals surface area contributed by atoms with Crippen LogP contribution in [0.5, 0.6) is 0 Å². The first-order valence-corrected chi connectivity index (χ1v) is 8.98. The number of carbonyl (C=O) groups is 1. The molecule has 7 nitrogen and oxygen atoms in total. The number of amides is 1. The number of aromatic nitrogens is 2. The van der Waals surface area contributed by atoms with Crippen molar-refractivity contribution in [3.63, 3.8) is 0 Å². The number of halogens is 2. The molecule has 1 aliphatic rings. The van der Waals surface area contributed by atoms with Gasteiger partial charge in [-0.15, -0.1) is 0 Å². The van der Waals surface area contributed by atoms with Gasteiger partial charge in [0.25, 0.3) is 5.91 Å². The quantitative estimate of drug-likeness (QED) is 0.771. The van der Waals surface area contributed by atoms with E-state index in [1.165, 1.54) is 17.0 Å². The first-order valence-electron chi connectivity index (χ1n) is 8.98. The number of rotatable bonds is 6. The molecule has 28 heavy (non-hydrogen) atoms. The molecule has 0 aliphatic carbocycles. The van der Waals surface area contributed by atoms with Crippen LogP contribution >= 0.6 is 0 Å². The second-order valence-electron chi connectivity index (χ2n) is 7.20. The van der Waals surface area contributed by atoms with Crippen molar-refractivity contribution in [1.82, 2.24) is 19.8 Å². The van der Waals surface area contributed by atoms with Gasteiger partial charge in [0, 0.05) is 49.7 Å². The van der Waals surface area contributed by atoms with E-state index in [1.807, 2.05) is 0 Å². The van der Waals surface area contributed by atoms with Gasteiger partial charge in [-0.2, -0.15) is 0 Å². The highest BCUT2D eigenvalue weighted by Gasteiger charge is 2.43. The summed E-state index contributed by atoms with van der Waals surface area (Å²) in [6.07, 6.45) is 4.05. The molecule has 3 N–H and O–H groups in total. The minimum atomic E-state index is -1.59. The maximum Gasteiger partial charge on any atom is 0.256 e. The van der Waals surface area contributed by atoms with Crippen molar-refractivity contribution in [3.05, 3.63) is 53.4 Å². The third kappa shape index (κ3) is 4.42. The molecule has 0 radical (unpaired) electrons. The van der Waals surface area contributed by atoms with Crippen molar-refractivity contribution in [1.29, 1.82) is 0 Å². The molecule has 0 saturated carbocycles. The fraction of sp³-hybridized carbons (Fsp3) is 0.421. The van der Waals surface area contributed by atoms with E-state index in [2.05, 4.69) is 9.97 Å². The Morgan fingerprint density at radius 1 is 1.32 bits per heavy atom. The number of likely N-dealkylation sites (N-methyl/N-ethyl adjacent to an activating group) is 1. The average Bonchev–Trinajstić information content (AvgIpc) is 2.64. The molecule has 2 aromatic rings. The zero-order chi connectivity index (χ0) is 20.3. The molecule has 0 spiro atoms. The van der Waals surface area contributed by atoms with Crippen molar-refractivity contribution < 1.29 is 18.7 Å². The molecule has 1 aliphatic heterocycles. The van der Waals surface area contributed by atoms with Gasteiger partial charge in [-0.3, -0.25) is 9.69 Å². The standard InChI is InChI=1S/C19H23F2N5O2/c1-25(10-13-8-23-18(22)24-9-13)12-19(28)6-3-7-26(17(19)27)11-14-4-2-5-15(20)16(14)21/h2,4-5,8-9,28H,3,6-7,10-12H2,1H3,(H2,22,23,24)/t19-/m1/s1. The monoisotopic (exact) mass is 391 g/mol. The number of hydrogen-bond acceptors (Lipinski definition) is 6. The van der Waals surface area contributed by atoms with Crippen molar-refractivity contribution >= 4 is 11.9 Å². The fourth-order valence-corrected chi connectivity index (χ4v) is 3.50. The summed E-state index contributed by atoms with van der Waals surface area (Å²) in [5, 5.41) is 11.0. The lowest BCUT2D eigenvalue weighted by Crippen LogP contribution is -2.57. The van der Waals surface area contributed by atoms with Crippen molar-refractivity contribution in [3.8, 4) is 0 Å². The van der Waals surface area contributed by atoms with Crippen molar-refractivity contribution in [2.45, 2.75) is 31.5 Å². The van der Waals surface area contributed by atoms with Crippen LogP contribution in [0.1, 0.15) is 24.0 Å². The SMILES string of the molecule is CN(Cc1cnc(N)nc1)C[C@]1(O)CCCN(Cc2cccc(F)c2F)C1=O. The Bertz CT molecular complexity index is 849. The molecule has 1 aromatic carbocycles. The van der Waals surface area contributed by atoms with Crippen LogP contribution in [0.4, 0.5) is 14.7 Å². The zero-order valence-corrected chi connectivity index (χ0v) is 15.6. The number of nitrogens with two attached hydrogens (primary N) is 1. The lowest BCUT2D eigenvalue weighted by atomic mass is 9.90. The summed E-state index contributed by atoms with van der Waals surface area (Å²) in [6.45, 7) is 0.819. The number of aliphatic hydroxyl groups is 1. The highest BCUT2D eigenvalue weighted by atomic mass is 19.2. The Kier molecular flexibility index (Phi) is 5.85. The van der Waals surface area contributed by atoms with Gasteiger partial charge in [0.05, 0.1) is 0 Å². The predicted octanol–water partition coefficient (Wildman–Crippen LogP) is 1.32. The van der Waals surface area contributed by atoms with Crippen LogP contribution in [0.25, 0.3) is 0 Å². The van der Waals surface area contributed by atoms with Gasteiger partial charge in [-0.05, 0) is 26.0 Å². The summed E-state index contributed by atoms with van der Waals surface area (Å²) in [5.41, 5.74) is 4.76. The summed E-state index contributed by atoms with van der Waals surface area (Å²) < 4.78 is 27.4. The Morgan fingerprint density at radius 3 is 2.75 bits per heavy atom. The van der Waals surface area contributed by atoms with Crippen LogP contribution in [0.15, 0.2) is 30.6 Å². The number of nitrogen functional groups attached to an aromatic ring is 1. The molecule has 2 heterocycles. The number of piperidine rings is 1. The first kappa shape index (κ1) is 20.1. The molecule has 1 atom stereocenters. The van der Waals surface area contributed by atoms with Gasteiger partial charge < -0.3 is 15.7 Å². The molecular weight excluding hydrogens is 368 g/mol. The summed E-state index contributed by atoms with van der Waals surface area (Å²) >= 11 is 0. The highest BCUT2D eigenvalue weighted by molar-refractivity contribution is 5.86. The van der Waals surface area contributed by atoms with Gasteiger partial charge in [0.15, 0.2) is 17.2 Å². The maximum absolute atomic E-state index is 14.0. The van der Waals surface area contributed by atoms with Gasteiger partial charge in [0.2, 0.25) is 5.95 Å². The second kappa shape index (κ2) is 8.15. The lowest BCUT2D eigenvalue weighted by Gasteiger charge is -2.40. The van der Waals surface area contributed by atoms with E-state index in [0.29, 0.717) is 25.9 Å². The van der Waals surface area contributed by atoms with Crippen molar-refractivity contribution in [2.75, 3.05) is 25.9 Å². The van der Waals surface area contributed by atoms with E-state index >= 15 is 0 Å². The Labute approximate surface area is 161 Å². The molecule has 0 bridgehead atoms. The van der Waals surface area contributed by atoms with Crippen molar-refractivity contribution in [2.24, 2.45) is 0 Å². The third-order valence-corrected chi connectivity index (χ3v) is 4.81. The molecule has 1 fully saturated rings. The number of nitrogens with zero attached hydrogens (tertiary/aromatic N) is 4. The molecule has 0 unspecified atom stereocenters. The molecule has 9 heteroatoms. The molecule has 1 amide bonds. The number of anilines is 1. The number of hydrogen-bond donors (Lipinski definition) is 2. The molecule has 3 rings (SSSR count). The van der Waals surface area contributed by atoms with Crippen LogP contribution in [0.3, 0.4) is 0 Å². The Balaban J connectivity index is 1.67. The second-order valence-corrected chi connectivity index (χ2v) is 7.20. The third-order valence-electron chi connectivity index (χ3n) is 4.81. The maximum atomic E-state index is 14.0. The fourth-order valence-electron chi connectivity index (χ4n) is 3.50. The first-order chi connectivity index (χ1) is 13.3. The number of likely N-dealkylation sites (tertiary alicyclic amines) is 1. The molecule has 150 valence electrons. The van der Waals surface area contributed by atoms with Crippen LogP contribution in [-0.4, -0.2) is 56.5 Å². The highest BCUT2D eigenvalue weighted by Crippen LogP contribution is 2.26. The van der Waals surface area contributed by atoms with E-state index in [9.17, 15) is 18.7 Å². The van der Waals surface area contributed by atoms with E-state index in [4.69, 9.17) is 5.73 Å². The summed E-state index contributed by atoms with van der Waals surface area (Å²) in [6, 6.07) is 3.87. The number of carbonyl (C=O) groups excluding carboxylic acids is 1. The van der Waals surface area contributed by atoms with E-state index in [0.717, 1.165) is 11.6 Å². The topological polar surface area (TPSA) is 95.6 Å². The molecular formula is C19H23F2N5O2. The van der Waals surface area contributed by atoms with Crippen LogP contribution < -0.4 is 5.73 Å². The summed E-state index contributed by atoms with van der Waals surface area (Å²) in [5.74, 6) is -2.23. The lowest BCUT2D eigenvalue weighted by molar-refractivity contribution is -0.160. The van der Waals surface area contributed by atoms with Gasteiger partial charge in [-0.25, -0.2) is 18.7 Å². The summed E-state index contributed by atoms with van der Waals surface area (Å²) in [7, 11) is 1.77. The van der Waals surface area contributed by atoms with E-state index in [-0.39, 0.29) is 24.6 Å². The molecule has 1 aromatic heterocycles. The van der Waals surface area contributed by atoms with Gasteiger partial charge in [0.1, 0.15) is 0 Å². The van der Waals surface area contributed by atoms with Gasteiger partial charge in [-0.1, -0.05) is 12.1 Å². The van der Waals surface area contributed by atoms with Crippen LogP contribution in [-0.2, 0) is 17.9 Å². The minimum Gasteiger partial charge on any atom is -0.379 e. The largest absolute Gasteiger partial charge is 0.379 e. The average molecular weight is 391 g/mol. The van der Waals surface area contributed by atoms with Crippen LogP contribution in [0, 0.1) is 11.6 Å². The van der Waals surface area contributed by atoms with E-state index < -0.39 is 23.1 Å². The summed E-state index contributed by atoms with van der Waals surface area (Å²) in [4.78, 5) is 23.9. The zero-order valence-electron chi connectivity index (χ0n) is 15.6. The minimum absolute atomic E-state index is 0.0831.